The van der Waals surface area contributed by atoms with Crippen LogP contribution in [0, 0.1) is 0 Å². The van der Waals surface area contributed by atoms with E-state index in [-0.39, 0.29) is 5.75 Å². The summed E-state index contributed by atoms with van der Waals surface area (Å²) in [4.78, 5) is 0. The van der Waals surface area contributed by atoms with Crippen molar-refractivity contribution in [2.24, 2.45) is 0 Å². The minimum atomic E-state index is -3.19. The molecule has 4 nitrogen and oxygen atoms in total. The van der Waals surface area contributed by atoms with Gasteiger partial charge in [0.1, 0.15) is 15.6 Å². The summed E-state index contributed by atoms with van der Waals surface area (Å²) in [7, 11) is -3.19. The van der Waals surface area contributed by atoms with E-state index >= 15 is 0 Å². The molecule has 1 aromatic carbocycles. The van der Waals surface area contributed by atoms with Gasteiger partial charge in [-0.3, -0.25) is 0 Å². The summed E-state index contributed by atoms with van der Waals surface area (Å²) in [5.41, 5.74) is 1.60. The minimum Gasteiger partial charge on any atom is -0.493 e. The Kier molecular flexibility index (Phi) is 2.90. The van der Waals surface area contributed by atoms with Crippen molar-refractivity contribution < 1.29 is 18.3 Å². The predicted molar refractivity (Wildman–Crippen MR) is 60.3 cm³/mol. The molecule has 0 bridgehead atoms. The van der Waals surface area contributed by atoms with Crippen LogP contribution in [0.15, 0.2) is 18.2 Å². The normalized spacial score (nSPS) is 16.6. The molecule has 2 rings (SSSR count). The average Bonchev–Trinajstić information content (AvgIpc) is 2.61. The van der Waals surface area contributed by atoms with Crippen molar-refractivity contribution in [3.63, 3.8) is 0 Å². The molecule has 0 spiro atoms. The number of hydrogen-bond acceptors (Lipinski definition) is 4. The zero-order chi connectivity index (χ0) is 11.8. The summed E-state index contributed by atoms with van der Waals surface area (Å²) >= 11 is 0. The second kappa shape index (κ2) is 4.07. The van der Waals surface area contributed by atoms with Gasteiger partial charge in [0.15, 0.2) is 0 Å². The summed E-state index contributed by atoms with van der Waals surface area (Å²) in [5, 5.41) is 9.86. The molecule has 1 unspecified atom stereocenters. The first-order valence-electron chi connectivity index (χ1n) is 5.08. The zero-order valence-corrected chi connectivity index (χ0v) is 9.83. The Hall–Kier alpha value is -1.07. The number of hydrogen-bond donors (Lipinski definition) is 1. The van der Waals surface area contributed by atoms with Crippen LogP contribution in [0.25, 0.3) is 0 Å². The van der Waals surface area contributed by atoms with Crippen molar-refractivity contribution in [1.82, 2.24) is 0 Å². The number of sulfone groups is 1. The van der Waals surface area contributed by atoms with Crippen molar-refractivity contribution in [1.29, 1.82) is 0 Å². The van der Waals surface area contributed by atoms with Gasteiger partial charge in [-0.25, -0.2) is 8.42 Å². The van der Waals surface area contributed by atoms with E-state index < -0.39 is 15.9 Å². The van der Waals surface area contributed by atoms with Gasteiger partial charge in [-0.1, -0.05) is 18.2 Å². The van der Waals surface area contributed by atoms with E-state index in [1.165, 1.54) is 0 Å². The fraction of sp³-hybridized carbons (Fsp3) is 0.455. The van der Waals surface area contributed by atoms with Gasteiger partial charge in [0.2, 0.25) is 0 Å². The Morgan fingerprint density at radius 3 is 2.94 bits per heavy atom. The van der Waals surface area contributed by atoms with E-state index in [1.54, 1.807) is 6.07 Å². The molecule has 1 atom stereocenters. The van der Waals surface area contributed by atoms with Gasteiger partial charge in [-0.05, 0) is 5.56 Å². The molecule has 5 heteroatoms. The van der Waals surface area contributed by atoms with Crippen LogP contribution in [0.1, 0.15) is 17.2 Å². The highest BCUT2D eigenvalue weighted by atomic mass is 32.2. The third-order valence-corrected chi connectivity index (χ3v) is 3.49. The zero-order valence-electron chi connectivity index (χ0n) is 9.01. The quantitative estimate of drug-likeness (QED) is 0.847. The van der Waals surface area contributed by atoms with Gasteiger partial charge >= 0.3 is 0 Å². The Morgan fingerprint density at radius 1 is 1.50 bits per heavy atom. The van der Waals surface area contributed by atoms with E-state index in [1.807, 2.05) is 12.1 Å². The van der Waals surface area contributed by atoms with Crippen LogP contribution in [-0.2, 0) is 16.3 Å². The summed E-state index contributed by atoms with van der Waals surface area (Å²) in [5.74, 6) is 0.381. The van der Waals surface area contributed by atoms with Gasteiger partial charge in [-0.2, -0.15) is 0 Å². The number of aliphatic hydroxyl groups excluding tert-OH is 1. The van der Waals surface area contributed by atoms with Crippen molar-refractivity contribution in [2.45, 2.75) is 12.5 Å². The van der Waals surface area contributed by atoms with E-state index in [4.69, 9.17) is 4.74 Å². The molecule has 1 aliphatic heterocycles. The maximum absolute atomic E-state index is 11.1. The number of benzene rings is 1. The molecule has 16 heavy (non-hydrogen) atoms. The van der Waals surface area contributed by atoms with Crippen molar-refractivity contribution in [2.75, 3.05) is 18.6 Å². The Morgan fingerprint density at radius 2 is 2.25 bits per heavy atom. The SMILES string of the molecule is CS(=O)(=O)CC(O)c1cccc2c1OCC2. The van der Waals surface area contributed by atoms with Gasteiger partial charge in [-0.15, -0.1) is 0 Å². The summed E-state index contributed by atoms with van der Waals surface area (Å²) < 4.78 is 27.6. The number of para-hydroxylation sites is 1. The lowest BCUT2D eigenvalue weighted by Crippen LogP contribution is -2.13. The molecule has 0 aliphatic carbocycles. The van der Waals surface area contributed by atoms with E-state index in [9.17, 15) is 13.5 Å². The standard InChI is InChI=1S/C11H14O4S/c1-16(13,14)7-10(12)9-4-2-3-8-5-6-15-11(8)9/h2-4,10,12H,5-7H2,1H3. The highest BCUT2D eigenvalue weighted by Crippen LogP contribution is 2.33. The first-order valence-corrected chi connectivity index (χ1v) is 7.14. The average molecular weight is 242 g/mol. The smallest absolute Gasteiger partial charge is 0.150 e. The molecule has 1 aliphatic rings. The lowest BCUT2D eigenvalue weighted by molar-refractivity contribution is 0.196. The Bertz CT molecular complexity index is 493. The van der Waals surface area contributed by atoms with Crippen LogP contribution in [-0.4, -0.2) is 32.1 Å². The highest BCUT2D eigenvalue weighted by molar-refractivity contribution is 7.90. The molecule has 88 valence electrons. The summed E-state index contributed by atoms with van der Waals surface area (Å²) in [6, 6.07) is 5.45. The minimum absolute atomic E-state index is 0.271. The third kappa shape index (κ3) is 2.36. The van der Waals surface area contributed by atoms with Gasteiger partial charge in [0, 0.05) is 18.2 Å². The molecule has 0 saturated heterocycles. The Labute approximate surface area is 94.8 Å². The first kappa shape index (κ1) is 11.4. The molecular formula is C11H14O4S. The highest BCUT2D eigenvalue weighted by Gasteiger charge is 2.23. The molecular weight excluding hydrogens is 228 g/mol. The number of fused-ring (bicyclic) bond motifs is 1. The molecule has 0 saturated carbocycles. The topological polar surface area (TPSA) is 63.6 Å². The van der Waals surface area contributed by atoms with Crippen LogP contribution in [0.2, 0.25) is 0 Å². The summed E-state index contributed by atoms with van der Waals surface area (Å²) in [6.07, 6.45) is 0.915. The van der Waals surface area contributed by atoms with Crippen molar-refractivity contribution in [3.8, 4) is 5.75 Å². The Balaban J connectivity index is 2.31. The monoisotopic (exact) mass is 242 g/mol. The van der Waals surface area contributed by atoms with Gasteiger partial charge in [0.25, 0.3) is 0 Å². The lowest BCUT2D eigenvalue weighted by Gasteiger charge is -2.13. The van der Waals surface area contributed by atoms with E-state index in [2.05, 4.69) is 0 Å². The molecule has 0 fully saturated rings. The molecule has 0 aromatic heterocycles. The fourth-order valence-corrected chi connectivity index (χ4v) is 2.63. The largest absolute Gasteiger partial charge is 0.493 e. The molecule has 1 heterocycles. The maximum atomic E-state index is 11.1. The maximum Gasteiger partial charge on any atom is 0.150 e. The summed E-state index contributed by atoms with van der Waals surface area (Å²) in [6.45, 7) is 0.595. The van der Waals surface area contributed by atoms with E-state index in [0.29, 0.717) is 17.9 Å². The van der Waals surface area contributed by atoms with Crippen LogP contribution >= 0.6 is 0 Å². The van der Waals surface area contributed by atoms with Crippen LogP contribution in [0.3, 0.4) is 0 Å². The molecule has 0 radical (unpaired) electrons. The molecule has 1 N–H and O–H groups in total. The van der Waals surface area contributed by atoms with Crippen molar-refractivity contribution >= 4 is 9.84 Å². The number of rotatable bonds is 3. The van der Waals surface area contributed by atoms with Gasteiger partial charge < -0.3 is 9.84 Å². The predicted octanol–water partition coefficient (Wildman–Crippen LogP) is 0.700. The lowest BCUT2D eigenvalue weighted by atomic mass is 10.0. The van der Waals surface area contributed by atoms with Crippen LogP contribution in [0.5, 0.6) is 5.75 Å². The fourth-order valence-electron chi connectivity index (χ4n) is 1.88. The molecule has 1 aromatic rings. The number of ether oxygens (including phenoxy) is 1. The number of aliphatic hydroxyl groups is 1. The van der Waals surface area contributed by atoms with Crippen LogP contribution in [0.4, 0.5) is 0 Å². The second-order valence-corrected chi connectivity index (χ2v) is 6.23. The van der Waals surface area contributed by atoms with Gasteiger partial charge in [0.05, 0.1) is 18.5 Å². The van der Waals surface area contributed by atoms with Crippen molar-refractivity contribution in [3.05, 3.63) is 29.3 Å². The molecule has 0 amide bonds. The van der Waals surface area contributed by atoms with E-state index in [0.717, 1.165) is 18.2 Å². The second-order valence-electron chi connectivity index (χ2n) is 4.04. The third-order valence-electron chi connectivity index (χ3n) is 2.56. The van der Waals surface area contributed by atoms with Crippen LogP contribution < -0.4 is 4.74 Å². The first-order chi connectivity index (χ1) is 7.47.